The Morgan fingerprint density at radius 3 is 2.64 bits per heavy atom. The molecule has 5 rings (SSSR count). The maximum absolute atomic E-state index is 14.4. The molecule has 4 heterocycles. The van der Waals surface area contributed by atoms with Crippen molar-refractivity contribution in [3.63, 3.8) is 0 Å². The molecule has 0 spiro atoms. The summed E-state index contributed by atoms with van der Waals surface area (Å²) in [5.41, 5.74) is 7.71. The van der Waals surface area contributed by atoms with Gasteiger partial charge >= 0.3 is 11.6 Å². The molecule has 0 aliphatic heterocycles. The number of aromatic amines is 1. The SMILES string of the molecule is Cc1ocnc1Cn1[nH]c2c(-c3cc(F)c(=O)n(C)c3)c(-c3ccccc3)nc(N)[n+]2c1=O. The predicted octanol–water partition coefficient (Wildman–Crippen LogP) is 1.41. The average molecular weight is 448 g/mol. The number of fused-ring (bicyclic) bond motifs is 1. The Kier molecular flexibility index (Phi) is 4.66. The van der Waals surface area contributed by atoms with Crippen LogP contribution in [0.4, 0.5) is 10.3 Å². The maximum Gasteiger partial charge on any atom is 0.428 e. The van der Waals surface area contributed by atoms with Gasteiger partial charge in [0.1, 0.15) is 23.7 Å². The van der Waals surface area contributed by atoms with Gasteiger partial charge in [-0.1, -0.05) is 30.3 Å². The van der Waals surface area contributed by atoms with Crippen LogP contribution in [0.1, 0.15) is 11.5 Å². The Balaban J connectivity index is 1.86. The third kappa shape index (κ3) is 3.30. The van der Waals surface area contributed by atoms with Crippen molar-refractivity contribution in [1.82, 2.24) is 24.3 Å². The van der Waals surface area contributed by atoms with Gasteiger partial charge in [0.15, 0.2) is 12.2 Å². The van der Waals surface area contributed by atoms with E-state index in [0.29, 0.717) is 39.5 Å². The third-order valence-electron chi connectivity index (χ3n) is 5.44. The van der Waals surface area contributed by atoms with Gasteiger partial charge in [-0.3, -0.25) is 4.79 Å². The summed E-state index contributed by atoms with van der Waals surface area (Å²) < 4.78 is 23.3. The van der Waals surface area contributed by atoms with Crippen molar-refractivity contribution in [2.45, 2.75) is 13.5 Å². The van der Waals surface area contributed by atoms with Gasteiger partial charge in [0.25, 0.3) is 5.56 Å². The van der Waals surface area contributed by atoms with Gasteiger partial charge in [-0.2, -0.15) is 4.68 Å². The van der Waals surface area contributed by atoms with E-state index < -0.39 is 17.1 Å². The number of H-pyrrole nitrogens is 1. The van der Waals surface area contributed by atoms with Crippen LogP contribution >= 0.6 is 0 Å². The van der Waals surface area contributed by atoms with Crippen LogP contribution in [-0.2, 0) is 13.6 Å². The summed E-state index contributed by atoms with van der Waals surface area (Å²) in [6, 6.07) is 10.3. The first kappa shape index (κ1) is 20.4. The standard InChI is InChI=1S/C22H18FN7O3/c1-12-16(25-11-33-12)10-29-22(32)30-19(27-29)17(14-8-15(23)20(31)28(2)9-14)18(26-21(30)24)13-6-4-3-5-7-13/h3-9,11H,10H2,1-2H3,(H2,24,26,27)/p+1. The van der Waals surface area contributed by atoms with E-state index in [-0.39, 0.29) is 12.5 Å². The van der Waals surface area contributed by atoms with Crippen molar-refractivity contribution >= 4 is 11.6 Å². The molecule has 0 unspecified atom stereocenters. The van der Waals surface area contributed by atoms with Crippen LogP contribution in [0.2, 0.25) is 0 Å². The number of benzene rings is 1. The van der Waals surface area contributed by atoms with E-state index in [9.17, 15) is 14.0 Å². The number of nitrogen functional groups attached to an aromatic ring is 1. The van der Waals surface area contributed by atoms with Crippen molar-refractivity contribution in [2.24, 2.45) is 7.05 Å². The number of nitrogens with zero attached hydrogens (tertiary/aromatic N) is 5. The molecule has 4 aromatic heterocycles. The van der Waals surface area contributed by atoms with E-state index in [0.717, 1.165) is 10.6 Å². The fourth-order valence-corrected chi connectivity index (χ4v) is 3.78. The number of rotatable bonds is 4. The molecule has 1 aromatic carbocycles. The zero-order chi connectivity index (χ0) is 23.3. The molecule has 0 atom stereocenters. The lowest BCUT2D eigenvalue weighted by Crippen LogP contribution is -2.44. The molecule has 33 heavy (non-hydrogen) atoms. The monoisotopic (exact) mass is 448 g/mol. The number of hydrogen-bond donors (Lipinski definition) is 2. The van der Waals surface area contributed by atoms with Gasteiger partial charge in [0.05, 0.1) is 5.56 Å². The summed E-state index contributed by atoms with van der Waals surface area (Å²) in [4.78, 5) is 33.8. The van der Waals surface area contributed by atoms with Gasteiger partial charge in [0, 0.05) is 24.4 Å². The molecular formula is C22H19FN7O3+. The van der Waals surface area contributed by atoms with Crippen molar-refractivity contribution in [3.8, 4) is 22.4 Å². The maximum atomic E-state index is 14.4. The summed E-state index contributed by atoms with van der Waals surface area (Å²) in [5, 5.41) is 3.06. The minimum absolute atomic E-state index is 0.0465. The Morgan fingerprint density at radius 2 is 1.97 bits per heavy atom. The lowest BCUT2D eigenvalue weighted by molar-refractivity contribution is -0.516. The molecular weight excluding hydrogens is 429 g/mol. The summed E-state index contributed by atoms with van der Waals surface area (Å²) in [5.74, 6) is -0.402. The Bertz CT molecular complexity index is 1600. The number of oxazole rings is 1. The van der Waals surface area contributed by atoms with E-state index >= 15 is 0 Å². The largest absolute Gasteiger partial charge is 0.448 e. The third-order valence-corrected chi connectivity index (χ3v) is 5.44. The fraction of sp³-hybridized carbons (Fsp3) is 0.136. The normalized spacial score (nSPS) is 11.4. The van der Waals surface area contributed by atoms with Gasteiger partial charge < -0.3 is 14.7 Å². The summed E-state index contributed by atoms with van der Waals surface area (Å²) in [6.07, 6.45) is 2.79. The molecule has 0 aliphatic rings. The van der Waals surface area contributed by atoms with E-state index in [1.54, 1.807) is 6.92 Å². The highest BCUT2D eigenvalue weighted by Crippen LogP contribution is 2.32. The molecule has 3 N–H and O–H groups in total. The van der Waals surface area contributed by atoms with E-state index in [1.807, 2.05) is 30.3 Å². The second-order valence-corrected chi connectivity index (χ2v) is 7.57. The van der Waals surface area contributed by atoms with E-state index in [1.165, 1.54) is 28.7 Å². The molecule has 11 heteroatoms. The van der Waals surface area contributed by atoms with Crippen LogP contribution in [0.5, 0.6) is 0 Å². The zero-order valence-corrected chi connectivity index (χ0v) is 17.7. The fourth-order valence-electron chi connectivity index (χ4n) is 3.78. The van der Waals surface area contributed by atoms with Crippen LogP contribution in [0.15, 0.2) is 63.0 Å². The first-order valence-electron chi connectivity index (χ1n) is 10.00. The minimum atomic E-state index is -0.927. The number of nitrogens with one attached hydrogen (secondary N) is 1. The van der Waals surface area contributed by atoms with Gasteiger partial charge in [-0.05, 0) is 13.0 Å². The van der Waals surface area contributed by atoms with Crippen LogP contribution < -0.4 is 21.4 Å². The molecule has 166 valence electrons. The van der Waals surface area contributed by atoms with Crippen LogP contribution in [0.3, 0.4) is 0 Å². The second kappa shape index (κ2) is 7.55. The Morgan fingerprint density at radius 1 is 1.21 bits per heavy atom. The smallest absolute Gasteiger partial charge is 0.428 e. The molecule has 0 aliphatic carbocycles. The van der Waals surface area contributed by atoms with Gasteiger partial charge in [0.2, 0.25) is 5.65 Å². The Hall–Kier alpha value is -4.54. The number of halogens is 1. The second-order valence-electron chi connectivity index (χ2n) is 7.57. The number of aromatic nitrogens is 6. The number of anilines is 1. The van der Waals surface area contributed by atoms with Crippen LogP contribution in [0, 0.1) is 12.7 Å². The minimum Gasteiger partial charge on any atom is -0.448 e. The summed E-state index contributed by atoms with van der Waals surface area (Å²) in [7, 11) is 1.45. The summed E-state index contributed by atoms with van der Waals surface area (Å²) >= 11 is 0. The zero-order valence-electron chi connectivity index (χ0n) is 17.7. The highest BCUT2D eigenvalue weighted by Gasteiger charge is 2.27. The van der Waals surface area contributed by atoms with Crippen molar-refractivity contribution in [3.05, 3.63) is 87.1 Å². The topological polar surface area (TPSA) is 129 Å². The molecule has 0 saturated carbocycles. The van der Waals surface area contributed by atoms with Crippen molar-refractivity contribution < 1.29 is 13.2 Å². The van der Waals surface area contributed by atoms with Crippen molar-refractivity contribution in [2.75, 3.05) is 5.73 Å². The molecule has 0 bridgehead atoms. The first-order chi connectivity index (χ1) is 15.8. The number of hydrogen-bond acceptors (Lipinski definition) is 6. The summed E-state index contributed by atoms with van der Waals surface area (Å²) in [6.45, 7) is 1.84. The predicted molar refractivity (Wildman–Crippen MR) is 117 cm³/mol. The average Bonchev–Trinajstić information content (AvgIpc) is 3.35. The highest BCUT2D eigenvalue weighted by atomic mass is 19.1. The van der Waals surface area contributed by atoms with Crippen LogP contribution in [-0.4, -0.2) is 24.3 Å². The molecule has 5 aromatic rings. The van der Waals surface area contributed by atoms with Crippen molar-refractivity contribution in [1.29, 1.82) is 0 Å². The van der Waals surface area contributed by atoms with Crippen LogP contribution in [0.25, 0.3) is 28.0 Å². The quantitative estimate of drug-likeness (QED) is 0.400. The first-order valence-corrected chi connectivity index (χ1v) is 10.00. The Labute approximate surface area is 185 Å². The molecule has 10 nitrogen and oxygen atoms in total. The molecule has 0 saturated heterocycles. The molecule has 0 fully saturated rings. The number of aryl methyl sites for hydroxylation is 2. The van der Waals surface area contributed by atoms with Gasteiger partial charge in [-0.15, -0.1) is 9.38 Å². The lowest BCUT2D eigenvalue weighted by atomic mass is 10.0. The van der Waals surface area contributed by atoms with Gasteiger partial charge in [-0.25, -0.2) is 19.3 Å². The molecule has 0 radical (unpaired) electrons. The number of nitrogens with two attached hydrogens (primary N) is 1. The molecule has 0 amide bonds. The van der Waals surface area contributed by atoms with E-state index in [4.69, 9.17) is 10.2 Å². The van der Waals surface area contributed by atoms with E-state index in [2.05, 4.69) is 15.1 Å². The lowest BCUT2D eigenvalue weighted by Gasteiger charge is -2.10. The number of pyridine rings is 1. The highest BCUT2D eigenvalue weighted by molar-refractivity contribution is 5.88.